The van der Waals surface area contributed by atoms with Crippen LogP contribution in [0.5, 0.6) is 0 Å². The summed E-state index contributed by atoms with van der Waals surface area (Å²) in [5, 5.41) is 7.35. The molecule has 0 saturated carbocycles. The van der Waals surface area contributed by atoms with Gasteiger partial charge in [-0.1, -0.05) is 19.0 Å². The second-order valence-corrected chi connectivity index (χ2v) is 7.09. The molecule has 0 fully saturated rings. The molecule has 1 aromatic carbocycles. The summed E-state index contributed by atoms with van der Waals surface area (Å²) in [6, 6.07) is 7.64. The summed E-state index contributed by atoms with van der Waals surface area (Å²) in [6.07, 6.45) is 2.95. The van der Waals surface area contributed by atoms with Crippen molar-refractivity contribution in [1.29, 1.82) is 0 Å². The average Bonchev–Trinajstić information content (AvgIpc) is 3.04. The number of amides is 1. The highest BCUT2D eigenvalue weighted by Gasteiger charge is 2.22. The number of anilines is 1. The fourth-order valence-corrected chi connectivity index (χ4v) is 3.30. The monoisotopic (exact) mass is 302 g/mol. The number of aromatic nitrogens is 1. The van der Waals surface area contributed by atoms with E-state index >= 15 is 0 Å². The lowest BCUT2D eigenvalue weighted by Gasteiger charge is -2.06. The van der Waals surface area contributed by atoms with Gasteiger partial charge in [-0.3, -0.25) is 10.1 Å². The molecule has 0 unspecified atom stereocenters. The van der Waals surface area contributed by atoms with E-state index in [4.69, 9.17) is 4.52 Å². The highest BCUT2D eigenvalue weighted by molar-refractivity contribution is 7.99. The number of rotatable bonds is 4. The molecule has 0 saturated heterocycles. The van der Waals surface area contributed by atoms with E-state index in [-0.39, 0.29) is 5.91 Å². The number of benzene rings is 1. The van der Waals surface area contributed by atoms with Gasteiger partial charge in [0, 0.05) is 21.3 Å². The molecule has 110 valence electrons. The number of fused-ring (bicyclic) bond motifs is 1. The third-order valence-corrected chi connectivity index (χ3v) is 4.44. The fourth-order valence-electron chi connectivity index (χ4n) is 2.46. The van der Waals surface area contributed by atoms with Crippen LogP contribution in [0, 0.1) is 0 Å². The largest absolute Gasteiger partial charge is 0.338 e. The molecule has 0 aliphatic heterocycles. The molecule has 3 rings (SSSR count). The van der Waals surface area contributed by atoms with E-state index < -0.39 is 0 Å². The van der Waals surface area contributed by atoms with Gasteiger partial charge in [0.1, 0.15) is 0 Å². The maximum atomic E-state index is 12.2. The summed E-state index contributed by atoms with van der Waals surface area (Å²) in [7, 11) is 0. The van der Waals surface area contributed by atoms with Crippen molar-refractivity contribution in [2.75, 3.05) is 5.32 Å². The Bertz CT molecular complexity index is 647. The molecule has 1 aliphatic carbocycles. The van der Waals surface area contributed by atoms with E-state index in [1.807, 2.05) is 24.3 Å². The van der Waals surface area contributed by atoms with E-state index in [1.165, 1.54) is 4.90 Å². The SMILES string of the molecule is CC(C)Sc1ccc(C(=O)Nc2onc3c2CCC3)cc1. The summed E-state index contributed by atoms with van der Waals surface area (Å²) in [5.74, 6) is 0.357. The maximum Gasteiger partial charge on any atom is 0.258 e. The Labute approximate surface area is 128 Å². The fraction of sp³-hybridized carbons (Fsp3) is 0.375. The van der Waals surface area contributed by atoms with Crippen molar-refractivity contribution in [2.45, 2.75) is 43.3 Å². The quantitative estimate of drug-likeness (QED) is 0.870. The lowest BCUT2D eigenvalue weighted by Crippen LogP contribution is -2.12. The van der Waals surface area contributed by atoms with E-state index in [0.29, 0.717) is 16.7 Å². The Balaban J connectivity index is 1.70. The molecule has 0 bridgehead atoms. The minimum Gasteiger partial charge on any atom is -0.338 e. The number of nitrogens with zero attached hydrogens (tertiary/aromatic N) is 1. The Kier molecular flexibility index (Phi) is 4.01. The lowest BCUT2D eigenvalue weighted by atomic mass is 10.2. The zero-order valence-corrected chi connectivity index (χ0v) is 13.0. The topological polar surface area (TPSA) is 55.1 Å². The van der Waals surface area contributed by atoms with Crippen molar-refractivity contribution < 1.29 is 9.32 Å². The van der Waals surface area contributed by atoms with Crippen LogP contribution in [0.25, 0.3) is 0 Å². The van der Waals surface area contributed by atoms with Crippen molar-refractivity contribution in [3.63, 3.8) is 0 Å². The first kappa shape index (κ1) is 14.2. The van der Waals surface area contributed by atoms with Crippen LogP contribution < -0.4 is 5.32 Å². The first-order chi connectivity index (χ1) is 10.1. The van der Waals surface area contributed by atoms with Gasteiger partial charge in [0.15, 0.2) is 0 Å². The van der Waals surface area contributed by atoms with Crippen molar-refractivity contribution in [1.82, 2.24) is 5.16 Å². The van der Waals surface area contributed by atoms with Gasteiger partial charge in [-0.25, -0.2) is 0 Å². The molecule has 4 nitrogen and oxygen atoms in total. The minimum absolute atomic E-state index is 0.151. The number of carbonyl (C=O) groups excluding carboxylic acids is 1. The van der Waals surface area contributed by atoms with E-state index in [1.54, 1.807) is 11.8 Å². The highest BCUT2D eigenvalue weighted by atomic mass is 32.2. The van der Waals surface area contributed by atoms with Crippen LogP contribution in [0.2, 0.25) is 0 Å². The van der Waals surface area contributed by atoms with Crippen molar-refractivity contribution in [3.05, 3.63) is 41.1 Å². The third kappa shape index (κ3) is 3.13. The van der Waals surface area contributed by atoms with Gasteiger partial charge in [0.25, 0.3) is 5.91 Å². The summed E-state index contributed by atoms with van der Waals surface area (Å²) in [5.41, 5.74) is 2.66. The summed E-state index contributed by atoms with van der Waals surface area (Å²) >= 11 is 1.78. The van der Waals surface area contributed by atoms with Crippen LogP contribution in [-0.2, 0) is 12.8 Å². The summed E-state index contributed by atoms with van der Waals surface area (Å²) < 4.78 is 5.22. The molecule has 0 spiro atoms. The second kappa shape index (κ2) is 5.93. The van der Waals surface area contributed by atoms with Crippen LogP contribution in [0.1, 0.15) is 41.9 Å². The second-order valence-electron chi connectivity index (χ2n) is 5.44. The van der Waals surface area contributed by atoms with Gasteiger partial charge in [0.2, 0.25) is 5.88 Å². The Morgan fingerprint density at radius 2 is 2.05 bits per heavy atom. The predicted molar refractivity (Wildman–Crippen MR) is 83.9 cm³/mol. The molecular weight excluding hydrogens is 284 g/mol. The lowest BCUT2D eigenvalue weighted by molar-refractivity contribution is 0.102. The molecule has 0 radical (unpaired) electrons. The molecule has 2 aromatic rings. The van der Waals surface area contributed by atoms with Gasteiger partial charge >= 0.3 is 0 Å². The van der Waals surface area contributed by atoms with Crippen molar-refractivity contribution in [2.24, 2.45) is 0 Å². The van der Waals surface area contributed by atoms with Crippen LogP contribution in [0.15, 0.2) is 33.7 Å². The van der Waals surface area contributed by atoms with Gasteiger partial charge < -0.3 is 4.52 Å². The summed E-state index contributed by atoms with van der Waals surface area (Å²) in [4.78, 5) is 13.4. The molecule has 0 atom stereocenters. The predicted octanol–water partition coefficient (Wildman–Crippen LogP) is 3.92. The zero-order valence-electron chi connectivity index (χ0n) is 12.2. The van der Waals surface area contributed by atoms with Gasteiger partial charge in [-0.15, -0.1) is 11.8 Å². The number of hydrogen-bond donors (Lipinski definition) is 1. The maximum absolute atomic E-state index is 12.2. The number of aryl methyl sites for hydroxylation is 1. The van der Waals surface area contributed by atoms with Gasteiger partial charge in [-0.05, 0) is 43.5 Å². The first-order valence-electron chi connectivity index (χ1n) is 7.19. The average molecular weight is 302 g/mol. The number of carbonyl (C=O) groups is 1. The Hall–Kier alpha value is -1.75. The number of nitrogens with one attached hydrogen (secondary N) is 1. The first-order valence-corrected chi connectivity index (χ1v) is 8.07. The molecule has 1 amide bonds. The van der Waals surface area contributed by atoms with Crippen molar-refractivity contribution >= 4 is 23.6 Å². The van der Waals surface area contributed by atoms with E-state index in [0.717, 1.165) is 30.5 Å². The van der Waals surface area contributed by atoms with Crippen molar-refractivity contribution in [3.8, 4) is 0 Å². The molecule has 1 N–H and O–H groups in total. The van der Waals surface area contributed by atoms with Crippen LogP contribution in [-0.4, -0.2) is 16.3 Å². The van der Waals surface area contributed by atoms with Gasteiger partial charge in [0.05, 0.1) is 5.69 Å². The number of thioether (sulfide) groups is 1. The van der Waals surface area contributed by atoms with E-state index in [9.17, 15) is 4.79 Å². The minimum atomic E-state index is -0.151. The Morgan fingerprint density at radius 1 is 1.29 bits per heavy atom. The molecule has 1 aliphatic rings. The Morgan fingerprint density at radius 3 is 2.76 bits per heavy atom. The summed E-state index contributed by atoms with van der Waals surface area (Å²) in [6.45, 7) is 4.30. The van der Waals surface area contributed by atoms with E-state index in [2.05, 4.69) is 24.3 Å². The van der Waals surface area contributed by atoms with Crippen LogP contribution in [0.4, 0.5) is 5.88 Å². The van der Waals surface area contributed by atoms with Gasteiger partial charge in [-0.2, -0.15) is 0 Å². The molecule has 1 aromatic heterocycles. The molecule has 21 heavy (non-hydrogen) atoms. The van der Waals surface area contributed by atoms with Crippen LogP contribution >= 0.6 is 11.8 Å². The smallest absolute Gasteiger partial charge is 0.258 e. The highest BCUT2D eigenvalue weighted by Crippen LogP contribution is 2.29. The number of hydrogen-bond acceptors (Lipinski definition) is 4. The van der Waals surface area contributed by atoms with Crippen LogP contribution in [0.3, 0.4) is 0 Å². The molecule has 5 heteroatoms. The zero-order chi connectivity index (χ0) is 14.8. The standard InChI is InChI=1S/C16H18N2O2S/c1-10(2)21-12-8-6-11(7-9-12)15(19)17-16-13-4-3-5-14(13)18-20-16/h6-10H,3-5H2,1-2H3,(H,17,19). The normalized spacial score (nSPS) is 13.5. The third-order valence-electron chi connectivity index (χ3n) is 3.43. The molecule has 1 heterocycles. The molecular formula is C16H18N2O2S.